The average molecular weight is 369 g/mol. The number of nitrogens with zero attached hydrogens (tertiary/aromatic N) is 2. The molecule has 1 fully saturated rings. The highest BCUT2D eigenvalue weighted by Crippen LogP contribution is 2.26. The van der Waals surface area contributed by atoms with Crippen LogP contribution in [0.4, 0.5) is 0 Å². The minimum Gasteiger partial charge on any atom is -0.452 e. The number of hydrogen-bond acceptors (Lipinski definition) is 5. The van der Waals surface area contributed by atoms with Crippen LogP contribution in [0.25, 0.3) is 5.88 Å². The SMILES string of the molecule is Cc1oc(-n2cccc2)c(C#N)c1C(=O)OCC(=O)N[C@@H]1CCCC[C@@H]1C. The number of rotatable bonds is 5. The van der Waals surface area contributed by atoms with E-state index in [-0.39, 0.29) is 41.3 Å². The molecule has 0 bridgehead atoms. The second kappa shape index (κ2) is 8.12. The number of nitriles is 1. The summed E-state index contributed by atoms with van der Waals surface area (Å²) in [6.45, 7) is 3.33. The summed E-state index contributed by atoms with van der Waals surface area (Å²) in [6.07, 6.45) is 7.74. The first kappa shape index (κ1) is 18.8. The lowest BCUT2D eigenvalue weighted by molar-refractivity contribution is -0.125. The maximum atomic E-state index is 12.5. The number of nitrogens with one attached hydrogen (secondary N) is 1. The molecule has 3 rings (SSSR count). The number of aryl methyl sites for hydroxylation is 1. The minimum atomic E-state index is -0.738. The highest BCUT2D eigenvalue weighted by molar-refractivity contribution is 5.95. The van der Waals surface area contributed by atoms with Crippen LogP contribution in [0.15, 0.2) is 28.9 Å². The molecule has 0 radical (unpaired) electrons. The number of furan rings is 1. The number of esters is 1. The van der Waals surface area contributed by atoms with E-state index in [2.05, 4.69) is 12.2 Å². The van der Waals surface area contributed by atoms with Crippen molar-refractivity contribution in [3.05, 3.63) is 41.4 Å². The molecule has 0 aromatic carbocycles. The third-order valence-corrected chi connectivity index (χ3v) is 5.01. The first-order chi connectivity index (χ1) is 13.0. The molecule has 1 amide bonds. The number of hydrogen-bond donors (Lipinski definition) is 1. The molecule has 2 aromatic heterocycles. The zero-order chi connectivity index (χ0) is 19.4. The zero-order valence-electron chi connectivity index (χ0n) is 15.5. The Labute approximate surface area is 157 Å². The van der Waals surface area contributed by atoms with Crippen LogP contribution in [0.5, 0.6) is 0 Å². The highest BCUT2D eigenvalue weighted by Gasteiger charge is 2.27. The lowest BCUT2D eigenvalue weighted by Gasteiger charge is -2.29. The van der Waals surface area contributed by atoms with Crippen molar-refractivity contribution in [2.75, 3.05) is 6.61 Å². The van der Waals surface area contributed by atoms with E-state index in [1.54, 1.807) is 36.0 Å². The van der Waals surface area contributed by atoms with Crippen LogP contribution in [0.1, 0.15) is 54.3 Å². The van der Waals surface area contributed by atoms with Gasteiger partial charge in [0.2, 0.25) is 5.88 Å². The summed E-state index contributed by atoms with van der Waals surface area (Å²) in [4.78, 5) is 24.6. The largest absolute Gasteiger partial charge is 0.452 e. The Balaban J connectivity index is 1.66. The van der Waals surface area contributed by atoms with E-state index >= 15 is 0 Å². The Morgan fingerprint density at radius 3 is 2.70 bits per heavy atom. The lowest BCUT2D eigenvalue weighted by Crippen LogP contribution is -2.42. The third kappa shape index (κ3) is 4.05. The van der Waals surface area contributed by atoms with Gasteiger partial charge >= 0.3 is 5.97 Å². The molecule has 142 valence electrons. The molecule has 2 heterocycles. The molecule has 2 aromatic rings. The van der Waals surface area contributed by atoms with Crippen molar-refractivity contribution in [1.82, 2.24) is 9.88 Å². The molecule has 7 heteroatoms. The van der Waals surface area contributed by atoms with Gasteiger partial charge in [0.05, 0.1) is 0 Å². The van der Waals surface area contributed by atoms with Gasteiger partial charge in [0.25, 0.3) is 5.91 Å². The van der Waals surface area contributed by atoms with Gasteiger partial charge in [-0.05, 0) is 37.8 Å². The number of aromatic nitrogens is 1. The van der Waals surface area contributed by atoms with E-state index in [0.29, 0.717) is 5.92 Å². The van der Waals surface area contributed by atoms with Gasteiger partial charge in [0, 0.05) is 18.4 Å². The van der Waals surface area contributed by atoms with Crippen molar-refractivity contribution < 1.29 is 18.7 Å². The van der Waals surface area contributed by atoms with Crippen LogP contribution < -0.4 is 5.32 Å². The van der Waals surface area contributed by atoms with Crippen LogP contribution >= 0.6 is 0 Å². The van der Waals surface area contributed by atoms with Gasteiger partial charge in [-0.2, -0.15) is 5.26 Å². The molecule has 1 aliphatic rings. The number of carbonyl (C=O) groups excluding carboxylic acids is 2. The van der Waals surface area contributed by atoms with Crippen molar-refractivity contribution in [2.24, 2.45) is 5.92 Å². The fourth-order valence-electron chi connectivity index (χ4n) is 3.51. The van der Waals surface area contributed by atoms with E-state index in [0.717, 1.165) is 19.3 Å². The summed E-state index contributed by atoms with van der Waals surface area (Å²) in [5.41, 5.74) is 0.148. The van der Waals surface area contributed by atoms with E-state index in [1.165, 1.54) is 6.42 Å². The molecule has 1 aliphatic carbocycles. The monoisotopic (exact) mass is 369 g/mol. The minimum absolute atomic E-state index is 0.0556. The van der Waals surface area contributed by atoms with Gasteiger partial charge < -0.3 is 14.5 Å². The molecule has 0 aliphatic heterocycles. The number of ether oxygens (including phenoxy) is 1. The fraction of sp³-hybridized carbons (Fsp3) is 0.450. The average Bonchev–Trinajstić information content (AvgIpc) is 3.29. The second-order valence-corrected chi connectivity index (χ2v) is 6.93. The Hall–Kier alpha value is -3.01. The van der Waals surface area contributed by atoms with Crippen molar-refractivity contribution >= 4 is 11.9 Å². The smallest absolute Gasteiger partial charge is 0.343 e. The fourth-order valence-corrected chi connectivity index (χ4v) is 3.51. The Kier molecular flexibility index (Phi) is 5.65. The zero-order valence-corrected chi connectivity index (χ0v) is 15.5. The lowest BCUT2D eigenvalue weighted by atomic mass is 9.86. The molecule has 27 heavy (non-hydrogen) atoms. The molecule has 1 saturated carbocycles. The topological polar surface area (TPSA) is 97.3 Å². The van der Waals surface area contributed by atoms with Crippen molar-refractivity contribution in [3.8, 4) is 12.0 Å². The maximum Gasteiger partial charge on any atom is 0.343 e. The molecule has 0 unspecified atom stereocenters. The van der Waals surface area contributed by atoms with Gasteiger partial charge in [0.1, 0.15) is 23.0 Å². The van der Waals surface area contributed by atoms with E-state index < -0.39 is 5.97 Å². The van der Waals surface area contributed by atoms with Crippen LogP contribution in [-0.4, -0.2) is 29.1 Å². The molecule has 1 N–H and O–H groups in total. The van der Waals surface area contributed by atoms with Crippen molar-refractivity contribution in [2.45, 2.75) is 45.6 Å². The van der Waals surface area contributed by atoms with Crippen molar-refractivity contribution in [3.63, 3.8) is 0 Å². The van der Waals surface area contributed by atoms with E-state index in [4.69, 9.17) is 9.15 Å². The van der Waals surface area contributed by atoms with Gasteiger partial charge in [-0.15, -0.1) is 0 Å². The summed E-state index contributed by atoms with van der Waals surface area (Å²) in [5.74, 6) is -0.108. The third-order valence-electron chi connectivity index (χ3n) is 5.01. The predicted octanol–water partition coefficient (Wildman–Crippen LogP) is 3.10. The standard InChI is InChI=1S/C20H23N3O4/c1-13-7-3-4-8-16(13)22-17(24)12-26-20(25)18-14(2)27-19(15(18)11-21)23-9-5-6-10-23/h5-6,9-10,13,16H,3-4,7-8,12H2,1-2H3,(H,22,24)/t13-,16+/m0/s1. The quantitative estimate of drug-likeness (QED) is 0.817. The predicted molar refractivity (Wildman–Crippen MR) is 97.3 cm³/mol. The molecule has 0 spiro atoms. The van der Waals surface area contributed by atoms with Crippen LogP contribution in [0, 0.1) is 24.2 Å². The number of amides is 1. The van der Waals surface area contributed by atoms with Gasteiger partial charge in [0.15, 0.2) is 6.61 Å². The molecular formula is C20H23N3O4. The Bertz CT molecular complexity index is 861. The summed E-state index contributed by atoms with van der Waals surface area (Å²) in [7, 11) is 0. The van der Waals surface area contributed by atoms with E-state index in [9.17, 15) is 14.9 Å². The molecule has 7 nitrogen and oxygen atoms in total. The maximum absolute atomic E-state index is 12.5. The van der Waals surface area contributed by atoms with Crippen LogP contribution in [-0.2, 0) is 9.53 Å². The Morgan fingerprint density at radius 2 is 2.04 bits per heavy atom. The molecular weight excluding hydrogens is 346 g/mol. The Morgan fingerprint density at radius 1 is 1.33 bits per heavy atom. The number of carbonyl (C=O) groups is 2. The van der Waals surface area contributed by atoms with Crippen LogP contribution in [0.2, 0.25) is 0 Å². The van der Waals surface area contributed by atoms with Gasteiger partial charge in [-0.25, -0.2) is 4.79 Å². The summed E-state index contributed by atoms with van der Waals surface area (Å²) >= 11 is 0. The summed E-state index contributed by atoms with van der Waals surface area (Å²) < 4.78 is 12.3. The highest BCUT2D eigenvalue weighted by atomic mass is 16.5. The van der Waals surface area contributed by atoms with Crippen molar-refractivity contribution in [1.29, 1.82) is 5.26 Å². The first-order valence-electron chi connectivity index (χ1n) is 9.14. The summed E-state index contributed by atoms with van der Waals surface area (Å²) in [5, 5.41) is 12.4. The van der Waals surface area contributed by atoms with Gasteiger partial charge in [-0.1, -0.05) is 19.8 Å². The van der Waals surface area contributed by atoms with Gasteiger partial charge in [-0.3, -0.25) is 9.36 Å². The van der Waals surface area contributed by atoms with E-state index in [1.807, 2.05) is 6.07 Å². The normalized spacial score (nSPS) is 19.3. The first-order valence-corrected chi connectivity index (χ1v) is 9.14. The molecule has 0 saturated heterocycles. The van der Waals surface area contributed by atoms with Crippen LogP contribution in [0.3, 0.4) is 0 Å². The second-order valence-electron chi connectivity index (χ2n) is 6.93. The molecule has 2 atom stereocenters. The summed E-state index contributed by atoms with van der Waals surface area (Å²) in [6, 6.07) is 5.69.